The minimum atomic E-state index is -0.0805. The summed E-state index contributed by atoms with van der Waals surface area (Å²) in [5.74, 6) is -0.0805. The van der Waals surface area contributed by atoms with E-state index in [1.807, 2.05) is 6.92 Å². The van der Waals surface area contributed by atoms with Gasteiger partial charge in [0.2, 0.25) is 0 Å². The molecule has 0 aromatic heterocycles. The number of carbonyl (C=O) groups is 1. The molecule has 44 valence electrons. The van der Waals surface area contributed by atoms with Gasteiger partial charge >= 0.3 is 0 Å². The van der Waals surface area contributed by atoms with Crippen molar-refractivity contribution in [2.45, 2.75) is 13.0 Å². The molecule has 0 unspecified atom stereocenters. The number of hydrazine groups is 1. The Bertz CT molecular complexity index is 130. The fourth-order valence-corrected chi connectivity index (χ4v) is 0.506. The third-order valence-corrected chi connectivity index (χ3v) is 0.959. The van der Waals surface area contributed by atoms with E-state index in [9.17, 15) is 4.79 Å². The predicted octanol–water partition coefficient (Wildman–Crippen LogP) is -0.435. The first-order valence-corrected chi connectivity index (χ1v) is 2.53. The van der Waals surface area contributed by atoms with Gasteiger partial charge in [-0.2, -0.15) is 0 Å². The Morgan fingerprint density at radius 3 is 2.88 bits per heavy atom. The van der Waals surface area contributed by atoms with Crippen molar-refractivity contribution in [3.8, 4) is 0 Å². The first-order chi connectivity index (χ1) is 3.79. The molecule has 1 aliphatic rings. The largest absolute Gasteiger partial charge is 0.287 e. The zero-order chi connectivity index (χ0) is 5.98. The van der Waals surface area contributed by atoms with Crippen LogP contribution in [-0.4, -0.2) is 11.9 Å². The zero-order valence-electron chi connectivity index (χ0n) is 4.64. The van der Waals surface area contributed by atoms with E-state index in [1.54, 1.807) is 6.08 Å². The second-order valence-corrected chi connectivity index (χ2v) is 1.78. The van der Waals surface area contributed by atoms with Crippen LogP contribution in [0.4, 0.5) is 0 Å². The summed E-state index contributed by atoms with van der Waals surface area (Å²) in [5.41, 5.74) is 5.20. The molecule has 0 saturated carbocycles. The molecule has 8 heavy (non-hydrogen) atoms. The van der Waals surface area contributed by atoms with Crippen LogP contribution >= 0.6 is 0 Å². The summed E-state index contributed by atoms with van der Waals surface area (Å²) in [6.45, 7) is 1.95. The van der Waals surface area contributed by atoms with Gasteiger partial charge in [-0.3, -0.25) is 10.2 Å². The Balaban J connectivity index is 2.55. The number of nitrogens with one attached hydrogen (secondary N) is 2. The Morgan fingerprint density at radius 1 is 1.75 bits per heavy atom. The number of hydrogen-bond acceptors (Lipinski definition) is 2. The van der Waals surface area contributed by atoms with Crippen LogP contribution in [0.3, 0.4) is 0 Å². The van der Waals surface area contributed by atoms with Gasteiger partial charge in [-0.05, 0) is 6.92 Å². The molecule has 0 fully saturated rings. The highest BCUT2D eigenvalue weighted by Gasteiger charge is 2.03. The maximum atomic E-state index is 10.3. The molecule has 0 saturated heterocycles. The SMILES string of the molecule is C[C@H]1C=CC(=O)NN1. The standard InChI is InChI=1S/C5H8N2O/c1-4-2-3-5(8)7-6-4/h2-4,6H,1H3,(H,7,8)/t4-/m0/s1. The summed E-state index contributed by atoms with van der Waals surface area (Å²) >= 11 is 0. The van der Waals surface area contributed by atoms with E-state index < -0.39 is 0 Å². The first-order valence-electron chi connectivity index (χ1n) is 2.53. The summed E-state index contributed by atoms with van der Waals surface area (Å²) in [6, 6.07) is 0.257. The Kier molecular flexibility index (Phi) is 1.30. The molecule has 1 rings (SSSR count). The van der Waals surface area contributed by atoms with Gasteiger partial charge in [0.15, 0.2) is 0 Å². The number of rotatable bonds is 0. The van der Waals surface area contributed by atoms with Crippen molar-refractivity contribution < 1.29 is 4.79 Å². The van der Waals surface area contributed by atoms with Crippen LogP contribution in [-0.2, 0) is 4.79 Å². The van der Waals surface area contributed by atoms with Gasteiger partial charge in [-0.25, -0.2) is 5.43 Å². The number of hydrogen-bond donors (Lipinski definition) is 2. The Morgan fingerprint density at radius 2 is 2.50 bits per heavy atom. The molecule has 3 nitrogen and oxygen atoms in total. The molecule has 1 aliphatic heterocycles. The lowest BCUT2D eigenvalue weighted by Gasteiger charge is -2.13. The van der Waals surface area contributed by atoms with Crippen LogP contribution in [0.25, 0.3) is 0 Å². The fraction of sp³-hybridized carbons (Fsp3) is 0.400. The lowest BCUT2D eigenvalue weighted by molar-refractivity contribution is -0.118. The van der Waals surface area contributed by atoms with E-state index in [4.69, 9.17) is 0 Å². The number of amides is 1. The summed E-state index contributed by atoms with van der Waals surface area (Å²) in [7, 11) is 0. The third kappa shape index (κ3) is 1.07. The van der Waals surface area contributed by atoms with Gasteiger partial charge in [-0.1, -0.05) is 6.08 Å². The minimum Gasteiger partial charge on any atom is -0.287 e. The van der Waals surface area contributed by atoms with Crippen LogP contribution in [0.2, 0.25) is 0 Å². The van der Waals surface area contributed by atoms with Crippen LogP contribution in [0.15, 0.2) is 12.2 Å². The third-order valence-electron chi connectivity index (χ3n) is 0.959. The van der Waals surface area contributed by atoms with E-state index >= 15 is 0 Å². The van der Waals surface area contributed by atoms with E-state index in [1.165, 1.54) is 6.08 Å². The van der Waals surface area contributed by atoms with Gasteiger partial charge in [0.1, 0.15) is 0 Å². The van der Waals surface area contributed by atoms with E-state index in [2.05, 4.69) is 10.9 Å². The van der Waals surface area contributed by atoms with Gasteiger partial charge < -0.3 is 0 Å². The van der Waals surface area contributed by atoms with Crippen LogP contribution < -0.4 is 10.9 Å². The summed E-state index contributed by atoms with van der Waals surface area (Å²) < 4.78 is 0. The lowest BCUT2D eigenvalue weighted by Crippen LogP contribution is -2.44. The fourth-order valence-electron chi connectivity index (χ4n) is 0.506. The number of carbonyl (C=O) groups excluding carboxylic acids is 1. The van der Waals surface area contributed by atoms with Crippen LogP contribution in [0, 0.1) is 0 Å². The minimum absolute atomic E-state index is 0.0805. The second-order valence-electron chi connectivity index (χ2n) is 1.78. The molecule has 1 atom stereocenters. The molecule has 1 heterocycles. The molecule has 0 aromatic rings. The van der Waals surface area contributed by atoms with E-state index in [-0.39, 0.29) is 11.9 Å². The molecule has 0 aromatic carbocycles. The smallest absolute Gasteiger partial charge is 0.257 e. The highest BCUT2D eigenvalue weighted by Crippen LogP contribution is 1.86. The molecule has 0 aliphatic carbocycles. The van der Waals surface area contributed by atoms with E-state index in [0.717, 1.165) is 0 Å². The lowest BCUT2D eigenvalue weighted by atomic mass is 10.3. The maximum Gasteiger partial charge on any atom is 0.257 e. The van der Waals surface area contributed by atoms with Crippen molar-refractivity contribution in [1.82, 2.24) is 10.9 Å². The van der Waals surface area contributed by atoms with Gasteiger partial charge in [0.25, 0.3) is 5.91 Å². The average Bonchev–Trinajstić information content (AvgIpc) is 1.77. The van der Waals surface area contributed by atoms with Gasteiger partial charge in [0, 0.05) is 12.1 Å². The van der Waals surface area contributed by atoms with Crippen molar-refractivity contribution >= 4 is 5.91 Å². The maximum absolute atomic E-state index is 10.3. The molecule has 2 N–H and O–H groups in total. The summed E-state index contributed by atoms with van der Waals surface area (Å²) in [5, 5.41) is 0. The predicted molar refractivity (Wildman–Crippen MR) is 29.9 cm³/mol. The van der Waals surface area contributed by atoms with Crippen molar-refractivity contribution in [2.75, 3.05) is 0 Å². The highest BCUT2D eigenvalue weighted by molar-refractivity contribution is 5.87. The Hall–Kier alpha value is -0.830. The summed E-state index contributed by atoms with van der Waals surface area (Å²) in [6.07, 6.45) is 3.32. The highest BCUT2D eigenvalue weighted by atomic mass is 16.2. The molecule has 1 amide bonds. The van der Waals surface area contributed by atoms with E-state index in [0.29, 0.717) is 0 Å². The molecule has 0 spiro atoms. The molecule has 0 bridgehead atoms. The van der Waals surface area contributed by atoms with Gasteiger partial charge in [0.05, 0.1) is 0 Å². The molecular formula is C5H8N2O. The Labute approximate surface area is 47.7 Å². The zero-order valence-corrected chi connectivity index (χ0v) is 4.64. The quantitative estimate of drug-likeness (QED) is 0.446. The van der Waals surface area contributed by atoms with Crippen molar-refractivity contribution in [3.05, 3.63) is 12.2 Å². The molecular weight excluding hydrogens is 104 g/mol. The first kappa shape index (κ1) is 5.31. The second kappa shape index (κ2) is 1.96. The van der Waals surface area contributed by atoms with Crippen molar-refractivity contribution in [3.63, 3.8) is 0 Å². The van der Waals surface area contributed by atoms with Crippen molar-refractivity contribution in [1.29, 1.82) is 0 Å². The summed E-state index contributed by atoms with van der Waals surface area (Å²) in [4.78, 5) is 10.3. The normalized spacial score (nSPS) is 27.6. The van der Waals surface area contributed by atoms with Gasteiger partial charge in [-0.15, -0.1) is 0 Å². The molecule has 0 radical (unpaired) electrons. The van der Waals surface area contributed by atoms with Crippen LogP contribution in [0.1, 0.15) is 6.92 Å². The average molecular weight is 112 g/mol. The monoisotopic (exact) mass is 112 g/mol. The van der Waals surface area contributed by atoms with Crippen LogP contribution in [0.5, 0.6) is 0 Å². The van der Waals surface area contributed by atoms with Crippen molar-refractivity contribution in [2.24, 2.45) is 0 Å². The topological polar surface area (TPSA) is 41.1 Å². The molecule has 3 heteroatoms.